The van der Waals surface area contributed by atoms with Crippen molar-refractivity contribution in [2.24, 2.45) is 0 Å². The van der Waals surface area contributed by atoms with Gasteiger partial charge in [-0.05, 0) is 128 Å². The Hall–Kier alpha value is -8.34. The van der Waals surface area contributed by atoms with Gasteiger partial charge in [-0.3, -0.25) is 0 Å². The highest BCUT2D eigenvalue weighted by molar-refractivity contribution is 6.15. The Bertz CT molecular complexity index is 3310. The molecule has 0 fully saturated rings. The average Bonchev–Trinajstić information content (AvgIpc) is 3.35. The highest BCUT2D eigenvalue weighted by Crippen LogP contribution is 2.48. The molecule has 0 spiro atoms. The lowest BCUT2D eigenvalue weighted by Gasteiger charge is -2.19. The van der Waals surface area contributed by atoms with E-state index >= 15 is 0 Å². The van der Waals surface area contributed by atoms with E-state index in [1.165, 1.54) is 0 Å². The molecule has 0 aliphatic heterocycles. The van der Waals surface area contributed by atoms with Crippen molar-refractivity contribution in [3.63, 3.8) is 0 Å². The van der Waals surface area contributed by atoms with Crippen LogP contribution in [0.15, 0.2) is 206 Å². The van der Waals surface area contributed by atoms with Crippen LogP contribution < -0.4 is 9.47 Å². The number of aromatic hydroxyl groups is 2. The van der Waals surface area contributed by atoms with Gasteiger partial charge in [-0.15, -0.1) is 0 Å². The van der Waals surface area contributed by atoms with E-state index in [0.717, 1.165) is 98.7 Å². The van der Waals surface area contributed by atoms with Gasteiger partial charge in [-0.1, -0.05) is 158 Å². The van der Waals surface area contributed by atoms with Gasteiger partial charge in [-0.2, -0.15) is 0 Å². The largest absolute Gasteiger partial charge is 0.507 e. The molecule has 0 saturated carbocycles. The van der Waals surface area contributed by atoms with Crippen molar-refractivity contribution in [1.82, 2.24) is 0 Å². The molecule has 0 aromatic heterocycles. The highest BCUT2D eigenvalue weighted by Gasteiger charge is 2.22. The summed E-state index contributed by atoms with van der Waals surface area (Å²) in [5.74, 6) is 1.75. The summed E-state index contributed by atoms with van der Waals surface area (Å²) in [5, 5.41) is 33.4. The minimum Gasteiger partial charge on any atom is -0.507 e. The van der Waals surface area contributed by atoms with Gasteiger partial charge in [0.1, 0.15) is 36.2 Å². The standard InChI is InChI=1S/C62H46O4/c1-39-31-53(61(63)55(33-39)59-47-23-9-5-17-41(47)35-42-18-6-10-24-48(42)59)51-27-13-15-29-57(51)65-37-45-21-3-4-22-46(45)38-66-58-30-16-14-28-52(58)54-32-40(2)34-56(62(54)64)60-49-25-11-7-19-43(49)36-44-20-8-12-26-50(44)60/h3-36,63-64H,37-38H2,1-2H3. The third kappa shape index (κ3) is 7.33. The Morgan fingerprint density at radius 1 is 0.318 bits per heavy atom. The van der Waals surface area contributed by atoms with Crippen LogP contribution in [-0.4, -0.2) is 10.2 Å². The van der Waals surface area contributed by atoms with E-state index in [2.05, 4.69) is 147 Å². The maximum Gasteiger partial charge on any atom is 0.131 e. The van der Waals surface area contributed by atoms with Gasteiger partial charge < -0.3 is 19.7 Å². The SMILES string of the molecule is Cc1cc(-c2ccccc2OCc2ccccc2COc2ccccc2-c2cc(C)cc(-c3c4ccccc4cc4ccccc34)c2O)c(O)c(-c2c3ccccc3cc3ccccc23)c1. The van der Waals surface area contributed by atoms with Crippen LogP contribution in [0.1, 0.15) is 22.3 Å². The number of hydrogen-bond donors (Lipinski definition) is 2. The summed E-state index contributed by atoms with van der Waals surface area (Å²) in [5.41, 5.74) is 10.6. The zero-order valence-corrected chi connectivity index (χ0v) is 36.8. The molecule has 0 amide bonds. The summed E-state index contributed by atoms with van der Waals surface area (Å²) in [6, 6.07) is 70.1. The van der Waals surface area contributed by atoms with Crippen LogP contribution in [-0.2, 0) is 13.2 Å². The molecular weight excluding hydrogens is 809 g/mol. The summed E-state index contributed by atoms with van der Waals surface area (Å²) < 4.78 is 13.4. The van der Waals surface area contributed by atoms with Crippen LogP contribution in [0.2, 0.25) is 0 Å². The lowest BCUT2D eigenvalue weighted by Crippen LogP contribution is -2.05. The van der Waals surface area contributed by atoms with E-state index in [9.17, 15) is 10.2 Å². The Balaban J connectivity index is 0.901. The molecule has 11 aromatic carbocycles. The van der Waals surface area contributed by atoms with Gasteiger partial charge in [0.15, 0.2) is 0 Å². The molecule has 0 saturated heterocycles. The van der Waals surface area contributed by atoms with Crippen LogP contribution in [0.3, 0.4) is 0 Å². The summed E-state index contributed by atoms with van der Waals surface area (Å²) in [6.07, 6.45) is 0. The Labute approximate surface area is 384 Å². The zero-order chi connectivity index (χ0) is 44.7. The lowest BCUT2D eigenvalue weighted by molar-refractivity contribution is 0.286. The van der Waals surface area contributed by atoms with E-state index in [4.69, 9.17) is 9.47 Å². The van der Waals surface area contributed by atoms with Crippen molar-refractivity contribution >= 4 is 43.1 Å². The maximum absolute atomic E-state index is 12.3. The molecule has 2 N–H and O–H groups in total. The minimum absolute atomic E-state index is 0.211. The average molecular weight is 855 g/mol. The van der Waals surface area contributed by atoms with Gasteiger partial charge in [0.05, 0.1) is 0 Å². The number of aryl methyl sites for hydroxylation is 2. The first-order valence-corrected chi connectivity index (χ1v) is 22.4. The number of rotatable bonds is 10. The predicted octanol–water partition coefficient (Wildman–Crippen LogP) is 16.2. The zero-order valence-electron chi connectivity index (χ0n) is 36.8. The molecule has 66 heavy (non-hydrogen) atoms. The molecule has 0 radical (unpaired) electrons. The Kier molecular flexibility index (Phi) is 10.4. The fourth-order valence-electron chi connectivity index (χ4n) is 9.74. The van der Waals surface area contributed by atoms with Gasteiger partial charge in [0.25, 0.3) is 0 Å². The number of phenolic OH excluding ortho intramolecular Hbond substituents is 2. The topological polar surface area (TPSA) is 58.9 Å². The van der Waals surface area contributed by atoms with Crippen molar-refractivity contribution in [2.45, 2.75) is 27.1 Å². The number of ether oxygens (including phenoxy) is 2. The van der Waals surface area contributed by atoms with E-state index < -0.39 is 0 Å². The van der Waals surface area contributed by atoms with Gasteiger partial charge in [0.2, 0.25) is 0 Å². The second-order valence-electron chi connectivity index (χ2n) is 17.1. The summed E-state index contributed by atoms with van der Waals surface area (Å²) >= 11 is 0. The Morgan fingerprint density at radius 3 is 1.00 bits per heavy atom. The molecule has 11 rings (SSSR count). The van der Waals surface area contributed by atoms with Gasteiger partial charge in [0, 0.05) is 44.5 Å². The second kappa shape index (κ2) is 17.0. The van der Waals surface area contributed by atoms with Crippen molar-refractivity contribution in [2.75, 3.05) is 0 Å². The number of fused-ring (bicyclic) bond motifs is 4. The highest BCUT2D eigenvalue weighted by atomic mass is 16.5. The summed E-state index contributed by atoms with van der Waals surface area (Å²) in [6.45, 7) is 4.71. The fraction of sp³-hybridized carbons (Fsp3) is 0.0645. The smallest absolute Gasteiger partial charge is 0.131 e. The number of para-hydroxylation sites is 2. The molecule has 4 heteroatoms. The van der Waals surface area contributed by atoms with E-state index in [0.29, 0.717) is 22.6 Å². The monoisotopic (exact) mass is 854 g/mol. The molecule has 318 valence electrons. The molecule has 11 aromatic rings. The van der Waals surface area contributed by atoms with Crippen LogP contribution >= 0.6 is 0 Å². The van der Waals surface area contributed by atoms with Crippen molar-refractivity contribution in [1.29, 1.82) is 0 Å². The van der Waals surface area contributed by atoms with Crippen LogP contribution in [0.25, 0.3) is 87.6 Å². The third-order valence-electron chi connectivity index (χ3n) is 12.8. The van der Waals surface area contributed by atoms with Gasteiger partial charge >= 0.3 is 0 Å². The van der Waals surface area contributed by atoms with Crippen molar-refractivity contribution in [3.05, 3.63) is 229 Å². The van der Waals surface area contributed by atoms with Crippen molar-refractivity contribution < 1.29 is 19.7 Å². The first-order valence-electron chi connectivity index (χ1n) is 22.4. The fourth-order valence-corrected chi connectivity index (χ4v) is 9.74. The molecule has 0 aliphatic rings. The number of benzene rings is 11. The van der Waals surface area contributed by atoms with Crippen molar-refractivity contribution in [3.8, 4) is 67.5 Å². The van der Waals surface area contributed by atoms with Crippen LogP contribution in [0, 0.1) is 13.8 Å². The third-order valence-corrected chi connectivity index (χ3v) is 12.8. The van der Waals surface area contributed by atoms with E-state index in [1.54, 1.807) is 0 Å². The molecule has 4 nitrogen and oxygen atoms in total. The predicted molar refractivity (Wildman–Crippen MR) is 273 cm³/mol. The molecule has 0 atom stereocenters. The quantitative estimate of drug-likeness (QED) is 0.135. The molecular formula is C62H46O4. The van der Waals surface area contributed by atoms with Crippen LogP contribution in [0.5, 0.6) is 23.0 Å². The van der Waals surface area contributed by atoms with Gasteiger partial charge in [-0.25, -0.2) is 0 Å². The molecule has 0 bridgehead atoms. The molecule has 0 unspecified atom stereocenters. The lowest BCUT2D eigenvalue weighted by atomic mass is 9.88. The molecule has 0 aliphatic carbocycles. The summed E-state index contributed by atoms with van der Waals surface area (Å²) in [7, 11) is 0. The number of hydrogen-bond acceptors (Lipinski definition) is 4. The first kappa shape index (κ1) is 40.4. The first-order chi connectivity index (χ1) is 32.4. The normalized spacial score (nSPS) is 11.4. The summed E-state index contributed by atoms with van der Waals surface area (Å²) in [4.78, 5) is 0. The van der Waals surface area contributed by atoms with Crippen LogP contribution in [0.4, 0.5) is 0 Å². The molecule has 0 heterocycles. The Morgan fingerprint density at radius 2 is 0.621 bits per heavy atom. The maximum atomic E-state index is 12.3. The minimum atomic E-state index is 0.211. The number of phenols is 2. The van der Waals surface area contributed by atoms with E-state index in [1.807, 2.05) is 72.8 Å². The second-order valence-corrected chi connectivity index (χ2v) is 17.1. The van der Waals surface area contributed by atoms with E-state index in [-0.39, 0.29) is 24.7 Å².